The van der Waals surface area contributed by atoms with E-state index < -0.39 is 11.5 Å². The lowest BCUT2D eigenvalue weighted by atomic mass is 9.86. The first-order valence-corrected chi connectivity index (χ1v) is 7.71. The van der Waals surface area contributed by atoms with Crippen LogP contribution >= 0.6 is 15.9 Å². The zero-order valence-electron chi connectivity index (χ0n) is 12.2. The van der Waals surface area contributed by atoms with Gasteiger partial charge in [0.05, 0.1) is 23.5 Å². The van der Waals surface area contributed by atoms with Gasteiger partial charge in [-0.1, -0.05) is 0 Å². The number of amides is 1. The van der Waals surface area contributed by atoms with E-state index in [4.69, 9.17) is 14.6 Å². The van der Waals surface area contributed by atoms with Crippen LogP contribution in [0, 0.1) is 0 Å². The summed E-state index contributed by atoms with van der Waals surface area (Å²) in [6.45, 7) is 0.889. The molecule has 0 unspecified atom stereocenters. The van der Waals surface area contributed by atoms with Crippen molar-refractivity contribution in [3.8, 4) is 5.75 Å². The Bertz CT molecular complexity index is 569. The highest BCUT2D eigenvalue weighted by Gasteiger charge is 2.36. The largest absolute Gasteiger partial charge is 0.496 e. The second-order valence-corrected chi connectivity index (χ2v) is 6.12. The molecule has 0 radical (unpaired) electrons. The fourth-order valence-electron chi connectivity index (χ4n) is 2.52. The molecular weight excluding hydrogens is 354 g/mol. The van der Waals surface area contributed by atoms with Gasteiger partial charge in [-0.25, -0.2) is 0 Å². The molecule has 120 valence electrons. The Morgan fingerprint density at radius 2 is 2.09 bits per heavy atom. The molecule has 1 aromatic carbocycles. The van der Waals surface area contributed by atoms with E-state index in [1.165, 1.54) is 0 Å². The number of benzene rings is 1. The Morgan fingerprint density at radius 3 is 2.64 bits per heavy atom. The minimum Gasteiger partial charge on any atom is -0.496 e. The van der Waals surface area contributed by atoms with Crippen LogP contribution in [0.25, 0.3) is 0 Å². The normalized spacial score (nSPS) is 16.8. The van der Waals surface area contributed by atoms with Gasteiger partial charge >= 0.3 is 5.97 Å². The summed E-state index contributed by atoms with van der Waals surface area (Å²) in [6.07, 6.45) is 0.865. The first-order valence-electron chi connectivity index (χ1n) is 6.91. The maximum Gasteiger partial charge on any atom is 0.305 e. The number of rotatable bonds is 5. The Kier molecular flexibility index (Phi) is 5.42. The van der Waals surface area contributed by atoms with Gasteiger partial charge in [-0.2, -0.15) is 0 Å². The Balaban J connectivity index is 2.17. The number of hydrogen-bond donors (Lipinski definition) is 2. The van der Waals surface area contributed by atoms with Crippen LogP contribution in [0.15, 0.2) is 22.7 Å². The van der Waals surface area contributed by atoms with Crippen LogP contribution in [0.5, 0.6) is 5.75 Å². The van der Waals surface area contributed by atoms with E-state index in [1.54, 1.807) is 25.3 Å². The molecule has 1 heterocycles. The monoisotopic (exact) mass is 371 g/mol. The van der Waals surface area contributed by atoms with Gasteiger partial charge in [0.1, 0.15) is 5.75 Å². The molecule has 0 aliphatic carbocycles. The molecule has 7 heteroatoms. The van der Waals surface area contributed by atoms with Gasteiger partial charge in [-0.05, 0) is 47.0 Å². The SMILES string of the molecule is COc1ccc(C(=O)NC2(CC(=O)O)CCOCC2)cc1Br. The smallest absolute Gasteiger partial charge is 0.305 e. The fourth-order valence-corrected chi connectivity index (χ4v) is 3.06. The van der Waals surface area contributed by atoms with E-state index in [2.05, 4.69) is 21.2 Å². The van der Waals surface area contributed by atoms with Crippen molar-refractivity contribution in [1.82, 2.24) is 5.32 Å². The Hall–Kier alpha value is -1.60. The van der Waals surface area contributed by atoms with Crippen LogP contribution in [-0.4, -0.2) is 42.8 Å². The third-order valence-electron chi connectivity index (χ3n) is 3.73. The minimum absolute atomic E-state index is 0.112. The topological polar surface area (TPSA) is 84.9 Å². The average Bonchev–Trinajstić information content (AvgIpc) is 2.47. The summed E-state index contributed by atoms with van der Waals surface area (Å²) in [5.41, 5.74) is -0.308. The predicted molar refractivity (Wildman–Crippen MR) is 83.2 cm³/mol. The van der Waals surface area contributed by atoms with E-state index in [0.717, 1.165) is 0 Å². The highest BCUT2D eigenvalue weighted by molar-refractivity contribution is 9.10. The van der Waals surface area contributed by atoms with Crippen molar-refractivity contribution in [3.63, 3.8) is 0 Å². The molecule has 0 saturated carbocycles. The van der Waals surface area contributed by atoms with Crippen LogP contribution < -0.4 is 10.1 Å². The number of carbonyl (C=O) groups is 2. The number of hydrogen-bond acceptors (Lipinski definition) is 4. The van der Waals surface area contributed by atoms with Crippen LogP contribution in [0.1, 0.15) is 29.6 Å². The van der Waals surface area contributed by atoms with Crippen LogP contribution in [0.2, 0.25) is 0 Å². The molecule has 1 amide bonds. The predicted octanol–water partition coefficient (Wildman–Crippen LogP) is 2.21. The third-order valence-corrected chi connectivity index (χ3v) is 4.35. The standard InChI is InChI=1S/C15H18BrNO5/c1-21-12-3-2-10(8-11(12)16)14(20)17-15(9-13(18)19)4-6-22-7-5-15/h2-3,8H,4-7,9H2,1H3,(H,17,20)(H,18,19). The summed E-state index contributed by atoms with van der Waals surface area (Å²) in [5, 5.41) is 12.0. The van der Waals surface area contributed by atoms with Crippen molar-refractivity contribution in [2.75, 3.05) is 20.3 Å². The molecule has 2 N–H and O–H groups in total. The van der Waals surface area contributed by atoms with E-state index >= 15 is 0 Å². The lowest BCUT2D eigenvalue weighted by Crippen LogP contribution is -2.53. The van der Waals surface area contributed by atoms with Gasteiger partial charge in [0.25, 0.3) is 5.91 Å². The second kappa shape index (κ2) is 7.11. The number of carbonyl (C=O) groups excluding carboxylic acids is 1. The first kappa shape index (κ1) is 16.8. The molecule has 0 aromatic heterocycles. The number of aliphatic carboxylic acids is 1. The molecule has 22 heavy (non-hydrogen) atoms. The van der Waals surface area contributed by atoms with Gasteiger partial charge in [0.2, 0.25) is 0 Å². The molecule has 0 bridgehead atoms. The molecule has 0 atom stereocenters. The Labute approximate surface area is 136 Å². The zero-order chi connectivity index (χ0) is 16.2. The molecule has 6 nitrogen and oxygen atoms in total. The maximum atomic E-state index is 12.4. The molecule has 1 aliphatic rings. The number of methoxy groups -OCH3 is 1. The summed E-state index contributed by atoms with van der Waals surface area (Å²) in [5.74, 6) is -0.604. The number of halogens is 1. The number of carboxylic acids is 1. The van der Waals surface area contributed by atoms with Crippen LogP contribution in [0.3, 0.4) is 0 Å². The molecule has 1 saturated heterocycles. The maximum absolute atomic E-state index is 12.4. The first-order chi connectivity index (χ1) is 10.5. The van der Waals surface area contributed by atoms with Gasteiger partial charge in [0.15, 0.2) is 0 Å². The lowest BCUT2D eigenvalue weighted by molar-refractivity contribution is -0.139. The summed E-state index contributed by atoms with van der Waals surface area (Å²) < 4.78 is 11.1. The minimum atomic E-state index is -0.932. The van der Waals surface area contributed by atoms with E-state index in [0.29, 0.717) is 41.8 Å². The van der Waals surface area contributed by atoms with Crippen molar-refractivity contribution in [3.05, 3.63) is 28.2 Å². The molecule has 2 rings (SSSR count). The van der Waals surface area contributed by atoms with E-state index in [9.17, 15) is 9.59 Å². The third kappa shape index (κ3) is 3.98. The van der Waals surface area contributed by atoms with Crippen molar-refractivity contribution in [2.24, 2.45) is 0 Å². The van der Waals surface area contributed by atoms with Gasteiger partial charge in [-0.15, -0.1) is 0 Å². The van der Waals surface area contributed by atoms with Gasteiger partial charge < -0.3 is 19.9 Å². The van der Waals surface area contributed by atoms with Gasteiger partial charge in [0, 0.05) is 18.8 Å². The Morgan fingerprint density at radius 1 is 1.41 bits per heavy atom. The number of carboxylic acid groups (broad SMARTS) is 1. The summed E-state index contributed by atoms with van der Waals surface area (Å²) in [7, 11) is 1.55. The van der Waals surface area contributed by atoms with E-state index in [-0.39, 0.29) is 12.3 Å². The second-order valence-electron chi connectivity index (χ2n) is 5.27. The van der Waals surface area contributed by atoms with E-state index in [1.807, 2.05) is 0 Å². The molecule has 0 spiro atoms. The van der Waals surface area contributed by atoms with Crippen molar-refractivity contribution in [2.45, 2.75) is 24.8 Å². The molecule has 1 fully saturated rings. The summed E-state index contributed by atoms with van der Waals surface area (Å²) in [4.78, 5) is 23.6. The van der Waals surface area contributed by atoms with Crippen LogP contribution in [0.4, 0.5) is 0 Å². The average molecular weight is 372 g/mol. The number of nitrogens with one attached hydrogen (secondary N) is 1. The number of ether oxygens (including phenoxy) is 2. The van der Waals surface area contributed by atoms with Crippen molar-refractivity contribution < 1.29 is 24.2 Å². The molecule has 1 aliphatic heterocycles. The summed E-state index contributed by atoms with van der Waals surface area (Å²) in [6, 6.07) is 4.99. The summed E-state index contributed by atoms with van der Waals surface area (Å²) >= 11 is 3.34. The zero-order valence-corrected chi connectivity index (χ0v) is 13.8. The molecule has 1 aromatic rings. The fraction of sp³-hybridized carbons (Fsp3) is 0.467. The highest BCUT2D eigenvalue weighted by atomic mass is 79.9. The molecular formula is C15H18BrNO5. The van der Waals surface area contributed by atoms with Crippen molar-refractivity contribution >= 4 is 27.8 Å². The lowest BCUT2D eigenvalue weighted by Gasteiger charge is -2.36. The van der Waals surface area contributed by atoms with Crippen LogP contribution in [-0.2, 0) is 9.53 Å². The van der Waals surface area contributed by atoms with Crippen molar-refractivity contribution in [1.29, 1.82) is 0 Å². The van der Waals surface area contributed by atoms with Gasteiger partial charge in [-0.3, -0.25) is 9.59 Å². The quantitative estimate of drug-likeness (QED) is 0.828. The highest BCUT2D eigenvalue weighted by Crippen LogP contribution is 2.28.